The number of hydrogen-bond donors (Lipinski definition) is 0. The summed E-state index contributed by atoms with van der Waals surface area (Å²) in [5.74, 6) is -0.757. The Kier molecular flexibility index (Phi) is 4.16. The molecule has 0 spiro atoms. The number of benzene rings is 1. The first kappa shape index (κ1) is 15.0. The summed E-state index contributed by atoms with van der Waals surface area (Å²) < 4.78 is 10.3. The molecule has 0 saturated carbocycles. The maximum absolute atomic E-state index is 12.3. The molecular formula is C17H21NO4. The van der Waals surface area contributed by atoms with Crippen molar-refractivity contribution in [2.75, 3.05) is 20.3 Å². The Labute approximate surface area is 130 Å². The van der Waals surface area contributed by atoms with Gasteiger partial charge in [-0.05, 0) is 17.9 Å². The summed E-state index contributed by atoms with van der Waals surface area (Å²) in [5.41, 5.74) is 1.11. The van der Waals surface area contributed by atoms with Gasteiger partial charge in [0.15, 0.2) is 0 Å². The molecule has 0 amide bonds. The second-order valence-electron chi connectivity index (χ2n) is 6.17. The van der Waals surface area contributed by atoms with E-state index in [0.717, 1.165) is 12.1 Å². The first-order valence-electron chi connectivity index (χ1n) is 7.67. The monoisotopic (exact) mass is 303 g/mol. The van der Waals surface area contributed by atoms with E-state index in [1.165, 1.54) is 7.11 Å². The standard InChI is InChI=1S/C17H21NO4/c1-11-8-13(16(19)21-2)15-17(20)22-10-14(18(15)9-11)12-6-4-3-5-7-12/h3-7,11,13-15H,8-10H2,1-2H3/t11-,13-,14+,15+/m0/s1. The van der Waals surface area contributed by atoms with Crippen molar-refractivity contribution in [3.05, 3.63) is 35.9 Å². The van der Waals surface area contributed by atoms with Crippen LogP contribution >= 0.6 is 0 Å². The average Bonchev–Trinajstić information content (AvgIpc) is 2.54. The van der Waals surface area contributed by atoms with Gasteiger partial charge in [0.1, 0.15) is 12.6 Å². The zero-order valence-electron chi connectivity index (χ0n) is 12.9. The van der Waals surface area contributed by atoms with Crippen LogP contribution in [0.25, 0.3) is 0 Å². The van der Waals surface area contributed by atoms with Crippen LogP contribution in [0.1, 0.15) is 24.9 Å². The van der Waals surface area contributed by atoms with Gasteiger partial charge in [0, 0.05) is 6.54 Å². The maximum Gasteiger partial charge on any atom is 0.324 e. The summed E-state index contributed by atoms with van der Waals surface area (Å²) >= 11 is 0. The van der Waals surface area contributed by atoms with Crippen LogP contribution in [0.4, 0.5) is 0 Å². The second-order valence-corrected chi connectivity index (χ2v) is 6.17. The van der Waals surface area contributed by atoms with Gasteiger partial charge in [-0.15, -0.1) is 0 Å². The molecule has 1 aromatic carbocycles. The molecule has 22 heavy (non-hydrogen) atoms. The van der Waals surface area contributed by atoms with E-state index in [1.54, 1.807) is 0 Å². The Morgan fingerprint density at radius 2 is 2.05 bits per heavy atom. The fraction of sp³-hybridized carbons (Fsp3) is 0.529. The average molecular weight is 303 g/mol. The molecule has 0 unspecified atom stereocenters. The van der Waals surface area contributed by atoms with Gasteiger partial charge in [0.2, 0.25) is 0 Å². The summed E-state index contributed by atoms with van der Waals surface area (Å²) in [6, 6.07) is 9.45. The molecule has 2 fully saturated rings. The van der Waals surface area contributed by atoms with Crippen molar-refractivity contribution in [1.29, 1.82) is 0 Å². The topological polar surface area (TPSA) is 55.8 Å². The maximum atomic E-state index is 12.3. The molecule has 5 nitrogen and oxygen atoms in total. The zero-order valence-corrected chi connectivity index (χ0v) is 12.9. The van der Waals surface area contributed by atoms with Crippen LogP contribution in [-0.2, 0) is 19.1 Å². The van der Waals surface area contributed by atoms with Crippen molar-refractivity contribution in [2.24, 2.45) is 11.8 Å². The Morgan fingerprint density at radius 3 is 2.73 bits per heavy atom. The van der Waals surface area contributed by atoms with Crippen molar-refractivity contribution >= 4 is 11.9 Å². The summed E-state index contributed by atoms with van der Waals surface area (Å²) in [5, 5.41) is 0. The summed E-state index contributed by atoms with van der Waals surface area (Å²) in [7, 11) is 1.37. The number of fused-ring (bicyclic) bond motifs is 1. The number of rotatable bonds is 2. The molecular weight excluding hydrogens is 282 g/mol. The highest BCUT2D eigenvalue weighted by Crippen LogP contribution is 2.38. The Morgan fingerprint density at radius 1 is 1.32 bits per heavy atom. The third-order valence-electron chi connectivity index (χ3n) is 4.63. The first-order valence-corrected chi connectivity index (χ1v) is 7.67. The van der Waals surface area contributed by atoms with Crippen molar-refractivity contribution in [3.8, 4) is 0 Å². The SMILES string of the molecule is COC(=O)[C@H]1C[C@H](C)CN2[C@@H](c3ccccc3)COC(=O)[C@@H]12. The number of morpholine rings is 1. The minimum absolute atomic E-state index is 0.00111. The molecule has 3 rings (SSSR count). The molecule has 2 aliphatic rings. The molecule has 0 N–H and O–H groups in total. The number of carbonyl (C=O) groups is 2. The van der Waals surface area contributed by atoms with Crippen molar-refractivity contribution in [1.82, 2.24) is 4.90 Å². The molecule has 1 aromatic rings. The number of piperidine rings is 1. The van der Waals surface area contributed by atoms with E-state index in [4.69, 9.17) is 9.47 Å². The van der Waals surface area contributed by atoms with E-state index in [9.17, 15) is 9.59 Å². The third kappa shape index (κ3) is 2.61. The smallest absolute Gasteiger partial charge is 0.324 e. The van der Waals surface area contributed by atoms with E-state index >= 15 is 0 Å². The van der Waals surface area contributed by atoms with Gasteiger partial charge in [0.25, 0.3) is 0 Å². The number of cyclic esters (lactones) is 1. The minimum atomic E-state index is -0.539. The van der Waals surface area contributed by atoms with Crippen LogP contribution in [0.15, 0.2) is 30.3 Å². The lowest BCUT2D eigenvalue weighted by Crippen LogP contribution is -2.60. The summed E-state index contributed by atoms with van der Waals surface area (Å²) in [6.07, 6.45) is 0.657. The van der Waals surface area contributed by atoms with E-state index in [2.05, 4.69) is 11.8 Å². The number of methoxy groups -OCH3 is 1. The number of esters is 2. The Balaban J connectivity index is 1.94. The zero-order chi connectivity index (χ0) is 15.7. The molecule has 0 radical (unpaired) electrons. The number of ether oxygens (including phenoxy) is 2. The molecule has 5 heteroatoms. The molecule has 0 aromatic heterocycles. The van der Waals surface area contributed by atoms with Gasteiger partial charge in [-0.2, -0.15) is 0 Å². The molecule has 2 heterocycles. The Bertz CT molecular complexity index is 559. The van der Waals surface area contributed by atoms with Crippen LogP contribution in [0.5, 0.6) is 0 Å². The minimum Gasteiger partial charge on any atom is -0.469 e. The second kappa shape index (κ2) is 6.08. The van der Waals surface area contributed by atoms with Crippen molar-refractivity contribution in [3.63, 3.8) is 0 Å². The van der Waals surface area contributed by atoms with Crippen LogP contribution in [-0.4, -0.2) is 43.1 Å². The van der Waals surface area contributed by atoms with Crippen LogP contribution in [0, 0.1) is 11.8 Å². The third-order valence-corrected chi connectivity index (χ3v) is 4.63. The highest BCUT2D eigenvalue weighted by molar-refractivity contribution is 5.85. The van der Waals surface area contributed by atoms with Gasteiger partial charge in [-0.1, -0.05) is 37.3 Å². The molecule has 4 atom stereocenters. The lowest BCUT2D eigenvalue weighted by atomic mass is 9.81. The quantitative estimate of drug-likeness (QED) is 0.780. The van der Waals surface area contributed by atoms with Gasteiger partial charge >= 0.3 is 11.9 Å². The first-order chi connectivity index (χ1) is 10.6. The number of carbonyl (C=O) groups excluding carboxylic acids is 2. The lowest BCUT2D eigenvalue weighted by Gasteiger charge is -2.47. The molecule has 0 bridgehead atoms. The molecule has 2 saturated heterocycles. The molecule has 0 aliphatic carbocycles. The number of hydrogen-bond acceptors (Lipinski definition) is 5. The van der Waals surface area contributed by atoms with Gasteiger partial charge in [-0.3, -0.25) is 14.5 Å². The predicted molar refractivity (Wildman–Crippen MR) is 79.9 cm³/mol. The number of nitrogens with zero attached hydrogens (tertiary/aromatic N) is 1. The summed E-state index contributed by atoms with van der Waals surface area (Å²) in [6.45, 7) is 3.22. The predicted octanol–water partition coefficient (Wildman–Crippen LogP) is 1.78. The van der Waals surface area contributed by atoms with Crippen LogP contribution in [0.3, 0.4) is 0 Å². The Hall–Kier alpha value is -1.88. The largest absolute Gasteiger partial charge is 0.469 e. The van der Waals surface area contributed by atoms with E-state index in [-0.39, 0.29) is 18.0 Å². The van der Waals surface area contributed by atoms with Gasteiger partial charge in [-0.25, -0.2) is 0 Å². The van der Waals surface area contributed by atoms with Crippen LogP contribution in [0.2, 0.25) is 0 Å². The van der Waals surface area contributed by atoms with Gasteiger partial charge < -0.3 is 9.47 Å². The molecule has 118 valence electrons. The summed E-state index contributed by atoms with van der Waals surface area (Å²) in [4.78, 5) is 26.5. The highest BCUT2D eigenvalue weighted by atomic mass is 16.5. The van der Waals surface area contributed by atoms with E-state index in [1.807, 2.05) is 30.3 Å². The van der Waals surface area contributed by atoms with Crippen molar-refractivity contribution in [2.45, 2.75) is 25.4 Å². The normalized spacial score (nSPS) is 32.0. The lowest BCUT2D eigenvalue weighted by molar-refractivity contribution is -0.179. The van der Waals surface area contributed by atoms with E-state index in [0.29, 0.717) is 18.9 Å². The van der Waals surface area contributed by atoms with Crippen LogP contribution < -0.4 is 0 Å². The van der Waals surface area contributed by atoms with E-state index < -0.39 is 12.0 Å². The fourth-order valence-electron chi connectivity index (χ4n) is 3.64. The van der Waals surface area contributed by atoms with Crippen molar-refractivity contribution < 1.29 is 19.1 Å². The fourth-order valence-corrected chi connectivity index (χ4v) is 3.64. The van der Waals surface area contributed by atoms with Gasteiger partial charge in [0.05, 0.1) is 19.1 Å². The molecule has 2 aliphatic heterocycles. The highest BCUT2D eigenvalue weighted by Gasteiger charge is 2.49.